The van der Waals surface area contributed by atoms with E-state index in [4.69, 9.17) is 0 Å². The summed E-state index contributed by atoms with van der Waals surface area (Å²) in [4.78, 5) is 7.38. The van der Waals surface area contributed by atoms with Crippen molar-refractivity contribution in [2.24, 2.45) is 5.14 Å². The number of sulfonamides is 1. The number of aromatic nitrogens is 4. The SMILES string of the molecule is CS(N)(=O)=O.FC(F)(F)c1nnc(-c2cnccn2)o1. The van der Waals surface area contributed by atoms with Crippen molar-refractivity contribution in [3.63, 3.8) is 0 Å². The zero-order valence-electron chi connectivity index (χ0n) is 9.87. The molecule has 20 heavy (non-hydrogen) atoms. The number of halogens is 3. The molecule has 0 spiro atoms. The van der Waals surface area contributed by atoms with E-state index in [9.17, 15) is 21.6 Å². The summed E-state index contributed by atoms with van der Waals surface area (Å²) in [5, 5.41) is 10.4. The van der Waals surface area contributed by atoms with Crippen LogP contribution in [0.1, 0.15) is 5.89 Å². The smallest absolute Gasteiger partial charge is 0.411 e. The number of primary sulfonamides is 1. The van der Waals surface area contributed by atoms with Gasteiger partial charge in [0.15, 0.2) is 0 Å². The van der Waals surface area contributed by atoms with Crippen LogP contribution in [-0.4, -0.2) is 34.8 Å². The molecule has 2 aromatic rings. The predicted molar refractivity (Wildman–Crippen MR) is 59.4 cm³/mol. The third kappa shape index (κ3) is 5.71. The van der Waals surface area contributed by atoms with E-state index in [2.05, 4.69) is 29.7 Å². The number of alkyl halides is 3. The summed E-state index contributed by atoms with van der Waals surface area (Å²) in [7, 11) is -3.17. The molecule has 0 aliphatic rings. The van der Waals surface area contributed by atoms with Gasteiger partial charge in [-0.25, -0.2) is 18.5 Å². The van der Waals surface area contributed by atoms with Gasteiger partial charge in [0.1, 0.15) is 5.69 Å². The quantitative estimate of drug-likeness (QED) is 0.810. The Bertz CT molecular complexity index is 647. The highest BCUT2D eigenvalue weighted by Gasteiger charge is 2.38. The largest absolute Gasteiger partial charge is 0.470 e. The summed E-state index contributed by atoms with van der Waals surface area (Å²) in [6, 6.07) is 0. The molecule has 0 saturated heterocycles. The Balaban J connectivity index is 0.000000347. The normalized spacial score (nSPS) is 11.7. The molecule has 0 aromatic carbocycles. The van der Waals surface area contributed by atoms with Crippen LogP contribution in [0.15, 0.2) is 23.0 Å². The molecular formula is C8H8F3N5O3S. The molecule has 110 valence electrons. The Morgan fingerprint density at radius 2 is 1.85 bits per heavy atom. The molecule has 12 heteroatoms. The van der Waals surface area contributed by atoms with E-state index in [0.717, 1.165) is 6.26 Å². The molecule has 0 radical (unpaired) electrons. The molecule has 0 atom stereocenters. The monoisotopic (exact) mass is 311 g/mol. The minimum Gasteiger partial charge on any atom is -0.411 e. The average Bonchev–Trinajstić information content (AvgIpc) is 2.76. The second kappa shape index (κ2) is 5.92. The van der Waals surface area contributed by atoms with E-state index in [-0.39, 0.29) is 11.6 Å². The van der Waals surface area contributed by atoms with Gasteiger partial charge in [0.2, 0.25) is 10.0 Å². The molecule has 0 amide bonds. The molecule has 2 heterocycles. The van der Waals surface area contributed by atoms with Crippen LogP contribution in [-0.2, 0) is 16.2 Å². The molecule has 0 unspecified atom stereocenters. The van der Waals surface area contributed by atoms with E-state index >= 15 is 0 Å². The van der Waals surface area contributed by atoms with Crippen LogP contribution in [0.2, 0.25) is 0 Å². The molecule has 0 fully saturated rings. The minimum atomic E-state index is -4.65. The lowest BCUT2D eigenvalue weighted by molar-refractivity contribution is -0.156. The van der Waals surface area contributed by atoms with Crippen LogP contribution in [0, 0.1) is 0 Å². The maximum absolute atomic E-state index is 12.1. The lowest BCUT2D eigenvalue weighted by Gasteiger charge is -1.96. The Morgan fingerprint density at radius 1 is 1.25 bits per heavy atom. The first kappa shape index (κ1) is 16.0. The van der Waals surface area contributed by atoms with Crippen molar-refractivity contribution in [1.82, 2.24) is 20.2 Å². The highest BCUT2D eigenvalue weighted by Crippen LogP contribution is 2.29. The number of hydrogen-bond acceptors (Lipinski definition) is 7. The summed E-state index contributed by atoms with van der Waals surface area (Å²) in [5.41, 5.74) is 0.0977. The van der Waals surface area contributed by atoms with Gasteiger partial charge in [-0.15, -0.1) is 10.2 Å². The number of hydrogen-bond donors (Lipinski definition) is 1. The van der Waals surface area contributed by atoms with E-state index in [1.54, 1.807) is 0 Å². The van der Waals surface area contributed by atoms with Crippen molar-refractivity contribution in [2.75, 3.05) is 6.26 Å². The Labute approximate surface area is 110 Å². The molecular weight excluding hydrogens is 303 g/mol. The first-order chi connectivity index (χ1) is 9.07. The zero-order valence-corrected chi connectivity index (χ0v) is 10.7. The molecule has 0 aliphatic carbocycles. The van der Waals surface area contributed by atoms with Crippen LogP contribution < -0.4 is 5.14 Å². The molecule has 2 rings (SSSR count). The van der Waals surface area contributed by atoms with Crippen LogP contribution in [0.4, 0.5) is 13.2 Å². The molecule has 0 bridgehead atoms. The highest BCUT2D eigenvalue weighted by atomic mass is 32.2. The molecule has 0 saturated carbocycles. The van der Waals surface area contributed by atoms with E-state index in [1.807, 2.05) is 0 Å². The van der Waals surface area contributed by atoms with Gasteiger partial charge in [-0.3, -0.25) is 4.98 Å². The summed E-state index contributed by atoms with van der Waals surface area (Å²) in [5.74, 6) is -1.71. The minimum absolute atomic E-state index is 0.0977. The van der Waals surface area contributed by atoms with Crippen molar-refractivity contribution >= 4 is 10.0 Å². The molecule has 0 aliphatic heterocycles. The second-order valence-electron chi connectivity index (χ2n) is 3.33. The maximum atomic E-state index is 12.1. The predicted octanol–water partition coefficient (Wildman–Crippen LogP) is 0.450. The number of nitrogens with zero attached hydrogens (tertiary/aromatic N) is 4. The van der Waals surface area contributed by atoms with Crippen LogP contribution in [0.5, 0.6) is 0 Å². The first-order valence-corrected chi connectivity index (χ1v) is 6.67. The fourth-order valence-electron chi connectivity index (χ4n) is 0.851. The van der Waals surface area contributed by atoms with Crippen LogP contribution >= 0.6 is 0 Å². The van der Waals surface area contributed by atoms with Crippen LogP contribution in [0.3, 0.4) is 0 Å². The van der Waals surface area contributed by atoms with Crippen molar-refractivity contribution < 1.29 is 26.0 Å². The highest BCUT2D eigenvalue weighted by molar-refractivity contribution is 7.88. The van der Waals surface area contributed by atoms with Gasteiger partial charge in [0, 0.05) is 12.4 Å². The fourth-order valence-corrected chi connectivity index (χ4v) is 0.851. The zero-order chi connectivity index (χ0) is 15.4. The Kier molecular flexibility index (Phi) is 4.73. The van der Waals surface area contributed by atoms with E-state index < -0.39 is 22.1 Å². The fraction of sp³-hybridized carbons (Fsp3) is 0.250. The van der Waals surface area contributed by atoms with E-state index in [0.29, 0.717) is 0 Å². The van der Waals surface area contributed by atoms with Crippen molar-refractivity contribution in [3.05, 3.63) is 24.5 Å². The number of rotatable bonds is 1. The van der Waals surface area contributed by atoms with Crippen LogP contribution in [0.25, 0.3) is 11.6 Å². The van der Waals surface area contributed by atoms with Crippen molar-refractivity contribution in [3.8, 4) is 11.6 Å². The van der Waals surface area contributed by atoms with Gasteiger partial charge in [-0.05, 0) is 0 Å². The van der Waals surface area contributed by atoms with Gasteiger partial charge in [-0.2, -0.15) is 13.2 Å². The average molecular weight is 311 g/mol. The number of nitrogens with two attached hydrogens (primary N) is 1. The third-order valence-electron chi connectivity index (χ3n) is 1.45. The Hall–Kier alpha value is -2.08. The van der Waals surface area contributed by atoms with Gasteiger partial charge in [0.25, 0.3) is 5.89 Å². The summed E-state index contributed by atoms with van der Waals surface area (Å²) in [6.45, 7) is 0. The lowest BCUT2D eigenvalue weighted by Crippen LogP contribution is -2.07. The molecule has 8 nitrogen and oxygen atoms in total. The van der Waals surface area contributed by atoms with Crippen molar-refractivity contribution in [2.45, 2.75) is 6.18 Å². The second-order valence-corrected chi connectivity index (χ2v) is 4.99. The molecule has 2 aromatic heterocycles. The summed E-state index contributed by atoms with van der Waals surface area (Å²) >= 11 is 0. The standard InChI is InChI=1S/C7H3F3N4O.CH5NO2S/c8-7(9,10)6-14-13-5(15-6)4-3-11-1-2-12-4;1-5(2,3)4/h1-3H;1H3,(H2,2,3,4). The van der Waals surface area contributed by atoms with E-state index in [1.165, 1.54) is 18.6 Å². The first-order valence-electron chi connectivity index (χ1n) is 4.72. The van der Waals surface area contributed by atoms with Gasteiger partial charge in [0.05, 0.1) is 12.5 Å². The van der Waals surface area contributed by atoms with Gasteiger partial charge >= 0.3 is 12.1 Å². The molecule has 2 N–H and O–H groups in total. The third-order valence-corrected chi connectivity index (χ3v) is 1.45. The van der Waals surface area contributed by atoms with Gasteiger partial charge in [-0.1, -0.05) is 0 Å². The maximum Gasteiger partial charge on any atom is 0.470 e. The summed E-state index contributed by atoms with van der Waals surface area (Å²) in [6.07, 6.45) is 0.214. The topological polar surface area (TPSA) is 125 Å². The lowest BCUT2D eigenvalue weighted by atomic mass is 10.4. The Morgan fingerprint density at radius 3 is 2.25 bits per heavy atom. The van der Waals surface area contributed by atoms with Gasteiger partial charge < -0.3 is 4.42 Å². The van der Waals surface area contributed by atoms with Crippen molar-refractivity contribution in [1.29, 1.82) is 0 Å². The summed E-state index contributed by atoms with van der Waals surface area (Å²) < 4.78 is 59.5.